The number of nitrogens with two attached hydrogens (primary N) is 1. The molecular formula is C14H18N2O3. The highest BCUT2D eigenvalue weighted by atomic mass is 16.5. The summed E-state index contributed by atoms with van der Waals surface area (Å²) in [6.07, 6.45) is 0.802. The fourth-order valence-electron chi connectivity index (χ4n) is 1.76. The van der Waals surface area contributed by atoms with Crippen molar-refractivity contribution >= 4 is 0 Å². The van der Waals surface area contributed by atoms with E-state index in [0.29, 0.717) is 17.3 Å². The summed E-state index contributed by atoms with van der Waals surface area (Å²) in [4.78, 5) is 0. The Balaban J connectivity index is 2.37. The fourth-order valence-corrected chi connectivity index (χ4v) is 1.76. The van der Waals surface area contributed by atoms with Crippen molar-refractivity contribution in [1.82, 2.24) is 5.16 Å². The molecule has 0 saturated heterocycles. The third kappa shape index (κ3) is 2.88. The Kier molecular flexibility index (Phi) is 4.06. The van der Waals surface area contributed by atoms with Crippen molar-refractivity contribution in [1.29, 1.82) is 0 Å². The monoisotopic (exact) mass is 262 g/mol. The predicted octanol–water partition coefficient (Wildman–Crippen LogP) is 2.77. The second-order valence-corrected chi connectivity index (χ2v) is 4.23. The van der Waals surface area contributed by atoms with Crippen LogP contribution in [-0.4, -0.2) is 19.4 Å². The number of nitrogens with zero attached hydrogens (tertiary/aromatic N) is 1. The van der Waals surface area contributed by atoms with Gasteiger partial charge in [-0.2, -0.15) is 0 Å². The summed E-state index contributed by atoms with van der Waals surface area (Å²) in [5, 5.41) is 4.04. The average molecular weight is 262 g/mol. The highest BCUT2D eigenvalue weighted by Crippen LogP contribution is 2.30. The van der Waals surface area contributed by atoms with Crippen molar-refractivity contribution in [2.24, 2.45) is 5.73 Å². The van der Waals surface area contributed by atoms with Crippen LogP contribution in [0.15, 0.2) is 28.8 Å². The molecule has 0 aliphatic heterocycles. The summed E-state index contributed by atoms with van der Waals surface area (Å²) < 4.78 is 15.7. The number of methoxy groups -OCH3 is 2. The van der Waals surface area contributed by atoms with Crippen LogP contribution in [0.4, 0.5) is 0 Å². The van der Waals surface area contributed by atoms with Crippen LogP contribution >= 0.6 is 0 Å². The number of benzene rings is 1. The molecule has 0 amide bonds. The van der Waals surface area contributed by atoms with Gasteiger partial charge in [-0.05, 0) is 18.6 Å². The van der Waals surface area contributed by atoms with Crippen LogP contribution in [0.25, 0.3) is 11.3 Å². The number of aromatic nitrogens is 1. The molecule has 0 spiro atoms. The van der Waals surface area contributed by atoms with Gasteiger partial charge in [0, 0.05) is 17.7 Å². The molecule has 102 valence electrons. The molecular weight excluding hydrogens is 244 g/mol. The predicted molar refractivity (Wildman–Crippen MR) is 72.3 cm³/mol. The molecule has 5 nitrogen and oxygen atoms in total. The van der Waals surface area contributed by atoms with E-state index < -0.39 is 0 Å². The van der Waals surface area contributed by atoms with E-state index in [1.807, 2.05) is 31.2 Å². The van der Waals surface area contributed by atoms with Crippen LogP contribution in [0, 0.1) is 0 Å². The van der Waals surface area contributed by atoms with Gasteiger partial charge in [-0.25, -0.2) is 0 Å². The zero-order valence-corrected chi connectivity index (χ0v) is 11.3. The number of rotatable bonds is 5. The van der Waals surface area contributed by atoms with Crippen molar-refractivity contribution < 1.29 is 14.0 Å². The van der Waals surface area contributed by atoms with Gasteiger partial charge in [0.2, 0.25) is 0 Å². The maximum absolute atomic E-state index is 5.91. The molecule has 5 heteroatoms. The largest absolute Gasteiger partial charge is 0.497 e. The lowest BCUT2D eigenvalue weighted by Gasteiger charge is -2.06. The molecule has 1 aromatic carbocycles. The van der Waals surface area contributed by atoms with Gasteiger partial charge in [0.15, 0.2) is 5.76 Å². The van der Waals surface area contributed by atoms with E-state index in [4.69, 9.17) is 19.7 Å². The van der Waals surface area contributed by atoms with E-state index in [0.717, 1.165) is 17.7 Å². The Labute approximate surface area is 112 Å². The van der Waals surface area contributed by atoms with Gasteiger partial charge in [-0.1, -0.05) is 12.1 Å². The maximum atomic E-state index is 5.91. The summed E-state index contributed by atoms with van der Waals surface area (Å²) in [5.41, 5.74) is 7.50. The van der Waals surface area contributed by atoms with Crippen LogP contribution in [-0.2, 0) is 0 Å². The third-order valence-corrected chi connectivity index (χ3v) is 2.98. The number of hydrogen-bond acceptors (Lipinski definition) is 5. The molecule has 19 heavy (non-hydrogen) atoms. The van der Waals surface area contributed by atoms with Crippen LogP contribution in [0.2, 0.25) is 0 Å². The van der Waals surface area contributed by atoms with E-state index in [1.165, 1.54) is 0 Å². The Bertz CT molecular complexity index is 529. The molecule has 1 unspecified atom stereocenters. The molecule has 0 saturated carbocycles. The molecule has 0 fully saturated rings. The molecule has 2 N–H and O–H groups in total. The van der Waals surface area contributed by atoms with Crippen LogP contribution < -0.4 is 15.2 Å². The summed E-state index contributed by atoms with van der Waals surface area (Å²) in [7, 11) is 3.22. The first kappa shape index (κ1) is 13.4. The minimum atomic E-state index is -0.131. The van der Waals surface area contributed by atoms with Gasteiger partial charge in [0.05, 0.1) is 20.3 Å². The van der Waals surface area contributed by atoms with E-state index in [2.05, 4.69) is 5.16 Å². The SMILES string of the molecule is CCC(N)c1cc(-c2cc(OC)cc(OC)c2)no1. The molecule has 0 radical (unpaired) electrons. The Morgan fingerprint density at radius 3 is 2.32 bits per heavy atom. The van der Waals surface area contributed by atoms with Crippen LogP contribution in [0.3, 0.4) is 0 Å². The highest BCUT2D eigenvalue weighted by molar-refractivity contribution is 5.63. The third-order valence-electron chi connectivity index (χ3n) is 2.98. The molecule has 1 heterocycles. The lowest BCUT2D eigenvalue weighted by atomic mass is 10.1. The molecule has 0 aliphatic rings. The van der Waals surface area contributed by atoms with Gasteiger partial charge in [0.1, 0.15) is 17.2 Å². The smallest absolute Gasteiger partial charge is 0.154 e. The standard InChI is InChI=1S/C14H18N2O3/c1-4-12(15)14-8-13(16-19-14)9-5-10(17-2)7-11(6-9)18-3/h5-8,12H,4,15H2,1-3H3. The van der Waals surface area contributed by atoms with E-state index in [1.54, 1.807) is 14.2 Å². The molecule has 0 aliphatic carbocycles. The van der Waals surface area contributed by atoms with Gasteiger partial charge >= 0.3 is 0 Å². The number of ether oxygens (including phenoxy) is 2. The van der Waals surface area contributed by atoms with Gasteiger partial charge < -0.3 is 19.7 Å². The Morgan fingerprint density at radius 2 is 1.79 bits per heavy atom. The Morgan fingerprint density at radius 1 is 1.16 bits per heavy atom. The van der Waals surface area contributed by atoms with Crippen LogP contribution in [0.5, 0.6) is 11.5 Å². The molecule has 0 bridgehead atoms. The van der Waals surface area contributed by atoms with E-state index in [9.17, 15) is 0 Å². The maximum Gasteiger partial charge on any atom is 0.154 e. The van der Waals surface area contributed by atoms with Gasteiger partial charge in [-0.15, -0.1) is 0 Å². The second-order valence-electron chi connectivity index (χ2n) is 4.23. The molecule has 1 aromatic heterocycles. The van der Waals surface area contributed by atoms with Crippen molar-refractivity contribution in [2.45, 2.75) is 19.4 Å². The first-order chi connectivity index (χ1) is 9.17. The van der Waals surface area contributed by atoms with Gasteiger partial charge in [0.25, 0.3) is 0 Å². The van der Waals surface area contributed by atoms with Crippen molar-refractivity contribution in [3.63, 3.8) is 0 Å². The van der Waals surface area contributed by atoms with E-state index in [-0.39, 0.29) is 6.04 Å². The molecule has 1 atom stereocenters. The topological polar surface area (TPSA) is 70.5 Å². The van der Waals surface area contributed by atoms with Crippen molar-refractivity contribution in [3.05, 3.63) is 30.0 Å². The summed E-state index contributed by atoms with van der Waals surface area (Å²) >= 11 is 0. The minimum absolute atomic E-state index is 0.131. The number of hydrogen-bond donors (Lipinski definition) is 1. The van der Waals surface area contributed by atoms with Crippen molar-refractivity contribution in [3.8, 4) is 22.8 Å². The van der Waals surface area contributed by atoms with Crippen LogP contribution in [0.1, 0.15) is 25.1 Å². The lowest BCUT2D eigenvalue weighted by Crippen LogP contribution is -2.06. The van der Waals surface area contributed by atoms with E-state index >= 15 is 0 Å². The lowest BCUT2D eigenvalue weighted by molar-refractivity contribution is 0.360. The summed E-state index contributed by atoms with van der Waals surface area (Å²) in [5.74, 6) is 2.09. The summed E-state index contributed by atoms with van der Waals surface area (Å²) in [6, 6.07) is 7.28. The quantitative estimate of drug-likeness (QED) is 0.897. The normalized spacial score (nSPS) is 12.2. The van der Waals surface area contributed by atoms with Crippen molar-refractivity contribution in [2.75, 3.05) is 14.2 Å². The first-order valence-electron chi connectivity index (χ1n) is 6.13. The minimum Gasteiger partial charge on any atom is -0.497 e. The fraction of sp³-hybridized carbons (Fsp3) is 0.357. The molecule has 2 rings (SSSR count). The molecule has 2 aromatic rings. The first-order valence-corrected chi connectivity index (χ1v) is 6.13. The zero-order chi connectivity index (χ0) is 13.8. The second kappa shape index (κ2) is 5.75. The highest BCUT2D eigenvalue weighted by Gasteiger charge is 2.13. The zero-order valence-electron chi connectivity index (χ0n) is 11.3. The average Bonchev–Trinajstić information content (AvgIpc) is 2.95. The Hall–Kier alpha value is -2.01. The van der Waals surface area contributed by atoms with Gasteiger partial charge in [-0.3, -0.25) is 0 Å². The summed E-state index contributed by atoms with van der Waals surface area (Å²) in [6.45, 7) is 2.00.